The fraction of sp³-hybridized carbons (Fsp3) is 0.893. The number of carbonyl (C=O) groups excluding carboxylic acids is 4. The third-order valence-corrected chi connectivity index (χ3v) is 19.5. The van der Waals surface area contributed by atoms with Crippen molar-refractivity contribution >= 4 is 39.5 Å². The van der Waals surface area contributed by atoms with E-state index in [1.807, 2.05) is 0 Å². The number of rotatable bonds is 72. The van der Waals surface area contributed by atoms with Gasteiger partial charge in [0.05, 0.1) is 26.4 Å². The molecule has 0 rings (SSSR count). The predicted molar refractivity (Wildman–Crippen MR) is 381 cm³/mol. The number of carbonyl (C=O) groups is 4. The lowest BCUT2D eigenvalue weighted by Crippen LogP contribution is -2.30. The molecule has 0 aromatic heterocycles. The van der Waals surface area contributed by atoms with Crippen molar-refractivity contribution < 1.29 is 80.2 Å². The lowest BCUT2D eigenvalue weighted by Gasteiger charge is -2.21. The van der Waals surface area contributed by atoms with Gasteiger partial charge in [0.25, 0.3) is 0 Å². The minimum absolute atomic E-state index is 0.0848. The molecule has 19 heteroatoms. The first-order chi connectivity index (χ1) is 45.4. The van der Waals surface area contributed by atoms with E-state index in [9.17, 15) is 43.2 Å². The summed E-state index contributed by atoms with van der Waals surface area (Å²) in [4.78, 5) is 72.8. The Morgan fingerprint density at radius 1 is 0.340 bits per heavy atom. The van der Waals surface area contributed by atoms with Gasteiger partial charge in [-0.05, 0) is 63.2 Å². The Morgan fingerprint density at radius 3 is 0.904 bits per heavy atom. The van der Waals surface area contributed by atoms with E-state index in [1.165, 1.54) is 167 Å². The highest BCUT2D eigenvalue weighted by Gasteiger charge is 2.30. The Bertz CT molecular complexity index is 1920. The molecule has 7 atom stereocenters. The number of allylic oxidation sites excluding steroid dienone is 4. The Hall–Kier alpha value is -2.46. The number of unbranched alkanes of at least 4 members (excludes halogenated alkanes) is 37. The summed E-state index contributed by atoms with van der Waals surface area (Å²) in [5.41, 5.74) is 0. The van der Waals surface area contributed by atoms with Crippen molar-refractivity contribution in [2.24, 2.45) is 11.8 Å². The van der Waals surface area contributed by atoms with E-state index >= 15 is 0 Å². The summed E-state index contributed by atoms with van der Waals surface area (Å²) >= 11 is 0. The second-order valence-corrected chi connectivity index (χ2v) is 29.7. The van der Waals surface area contributed by atoms with Crippen molar-refractivity contribution in [1.82, 2.24) is 0 Å². The van der Waals surface area contributed by atoms with Gasteiger partial charge in [0.1, 0.15) is 19.3 Å². The van der Waals surface area contributed by atoms with Crippen LogP contribution in [0.1, 0.15) is 363 Å². The molecule has 0 aromatic carbocycles. The minimum atomic E-state index is -4.96. The first-order valence-corrected chi connectivity index (χ1v) is 41.4. The smallest absolute Gasteiger partial charge is 0.462 e. The van der Waals surface area contributed by atoms with E-state index in [1.54, 1.807) is 0 Å². The van der Waals surface area contributed by atoms with Crippen LogP contribution in [0.25, 0.3) is 0 Å². The van der Waals surface area contributed by atoms with Crippen LogP contribution < -0.4 is 0 Å². The number of aliphatic hydroxyl groups excluding tert-OH is 1. The van der Waals surface area contributed by atoms with Crippen molar-refractivity contribution in [2.45, 2.75) is 381 Å². The van der Waals surface area contributed by atoms with E-state index in [-0.39, 0.29) is 25.7 Å². The van der Waals surface area contributed by atoms with Gasteiger partial charge >= 0.3 is 39.5 Å². The fourth-order valence-electron chi connectivity index (χ4n) is 10.9. The highest BCUT2D eigenvalue weighted by Crippen LogP contribution is 2.45. The largest absolute Gasteiger partial charge is 0.472 e. The van der Waals surface area contributed by atoms with Crippen LogP contribution in [0.4, 0.5) is 0 Å². The maximum absolute atomic E-state index is 13.1. The number of phosphoric ester groups is 2. The van der Waals surface area contributed by atoms with Crippen LogP contribution >= 0.6 is 15.6 Å². The second kappa shape index (κ2) is 66.4. The zero-order valence-corrected chi connectivity index (χ0v) is 62.5. The Morgan fingerprint density at radius 2 is 0.596 bits per heavy atom. The molecule has 0 heterocycles. The van der Waals surface area contributed by atoms with Crippen LogP contribution in [0.5, 0.6) is 0 Å². The number of hydrogen-bond acceptors (Lipinski definition) is 15. The maximum Gasteiger partial charge on any atom is 0.472 e. The van der Waals surface area contributed by atoms with E-state index in [0.29, 0.717) is 25.7 Å². The van der Waals surface area contributed by atoms with E-state index < -0.39 is 97.5 Å². The van der Waals surface area contributed by atoms with Crippen molar-refractivity contribution in [3.8, 4) is 0 Å². The molecule has 94 heavy (non-hydrogen) atoms. The summed E-state index contributed by atoms with van der Waals surface area (Å²) in [5.74, 6) is -0.563. The van der Waals surface area contributed by atoms with Gasteiger partial charge in [0.15, 0.2) is 12.2 Å². The SMILES string of the molecule is CCCCCC/C=C\C=C/CCCCCCCC(=O)O[C@H](COC(=O)CCCCCCCCCCCCC(C)CC)COP(=O)(O)OC[C@@H](O)COP(=O)(O)OC[C@@H](COC(=O)CCCCCCCCCCC(C)CC)OC(=O)CCCCCCCCCCCCCCC. The van der Waals surface area contributed by atoms with E-state index in [2.05, 4.69) is 65.8 Å². The number of ether oxygens (including phenoxy) is 4. The summed E-state index contributed by atoms with van der Waals surface area (Å²) in [6.45, 7) is 9.55. The van der Waals surface area contributed by atoms with Crippen molar-refractivity contribution in [1.29, 1.82) is 0 Å². The normalized spacial score (nSPS) is 14.8. The number of esters is 4. The quantitative estimate of drug-likeness (QED) is 0.0169. The zero-order chi connectivity index (χ0) is 69.3. The van der Waals surface area contributed by atoms with Crippen LogP contribution in [0.2, 0.25) is 0 Å². The monoisotopic (exact) mass is 1380 g/mol. The van der Waals surface area contributed by atoms with Crippen LogP contribution in [0, 0.1) is 11.8 Å². The predicted octanol–water partition coefficient (Wildman–Crippen LogP) is 21.5. The molecule has 0 saturated carbocycles. The molecule has 0 aliphatic heterocycles. The standard InChI is InChI=1S/C75H142O17P2/c1-7-11-13-15-17-19-21-23-24-26-28-34-42-48-54-60-75(80)91-70(63-85-72(77)57-51-45-39-32-30-29-31-37-43-49-55-67(5)9-3)65-89-93(81,82)87-61-69(76)62-88-94(83,84)90-66-71(64-86-73(78)58-52-46-40-36-35-38-44-50-56-68(6)10-4)92-74(79)59-53-47-41-33-27-25-22-20-18-16-14-12-8-2/h19,21,23-24,67-71,76H,7-18,20,22,25-66H2,1-6H3,(H,81,82)(H,83,84)/b21-19-,24-23-/t67?,68?,69-,70-,71-/m1/s1. The topological polar surface area (TPSA) is 237 Å². The molecule has 0 aromatic rings. The van der Waals surface area contributed by atoms with Crippen molar-refractivity contribution in [3.63, 3.8) is 0 Å². The second-order valence-electron chi connectivity index (χ2n) is 26.8. The average molecular weight is 1380 g/mol. The first-order valence-electron chi connectivity index (χ1n) is 38.4. The van der Waals surface area contributed by atoms with Gasteiger partial charge in [-0.25, -0.2) is 9.13 Å². The molecule has 0 spiro atoms. The van der Waals surface area contributed by atoms with Gasteiger partial charge in [0, 0.05) is 25.7 Å². The van der Waals surface area contributed by atoms with E-state index in [4.69, 9.17) is 37.0 Å². The molecule has 17 nitrogen and oxygen atoms in total. The Kier molecular flexibility index (Phi) is 64.7. The minimum Gasteiger partial charge on any atom is -0.462 e. The molecule has 0 saturated heterocycles. The maximum atomic E-state index is 13.1. The average Bonchev–Trinajstić information content (AvgIpc) is 1.46. The zero-order valence-electron chi connectivity index (χ0n) is 60.7. The summed E-state index contributed by atoms with van der Waals surface area (Å²) < 4.78 is 68.5. The lowest BCUT2D eigenvalue weighted by molar-refractivity contribution is -0.161. The number of hydrogen-bond donors (Lipinski definition) is 3. The van der Waals surface area contributed by atoms with Crippen LogP contribution in [0.15, 0.2) is 24.3 Å². The van der Waals surface area contributed by atoms with Gasteiger partial charge in [-0.3, -0.25) is 37.3 Å². The van der Waals surface area contributed by atoms with Gasteiger partial charge in [-0.15, -0.1) is 0 Å². The van der Waals surface area contributed by atoms with Gasteiger partial charge in [-0.1, -0.05) is 310 Å². The van der Waals surface area contributed by atoms with Gasteiger partial charge < -0.3 is 33.8 Å². The molecular formula is C75H142O17P2. The molecule has 554 valence electrons. The highest BCUT2D eigenvalue weighted by molar-refractivity contribution is 7.47. The summed E-state index contributed by atoms with van der Waals surface area (Å²) in [6.07, 6.45) is 56.0. The molecule has 0 fully saturated rings. The van der Waals surface area contributed by atoms with Gasteiger partial charge in [0.2, 0.25) is 0 Å². The highest BCUT2D eigenvalue weighted by atomic mass is 31.2. The third-order valence-electron chi connectivity index (χ3n) is 17.6. The molecule has 0 aliphatic carbocycles. The Balaban J connectivity index is 5.31. The lowest BCUT2D eigenvalue weighted by atomic mass is 9.99. The Labute approximate surface area is 573 Å². The van der Waals surface area contributed by atoms with Crippen LogP contribution in [0.3, 0.4) is 0 Å². The van der Waals surface area contributed by atoms with Crippen LogP contribution in [-0.4, -0.2) is 96.7 Å². The molecule has 0 aliphatic rings. The molecule has 4 unspecified atom stereocenters. The first kappa shape index (κ1) is 91.5. The molecule has 0 amide bonds. The molecule has 0 radical (unpaired) electrons. The van der Waals surface area contributed by atoms with Crippen molar-refractivity contribution in [2.75, 3.05) is 39.6 Å². The van der Waals surface area contributed by atoms with E-state index in [0.717, 1.165) is 115 Å². The van der Waals surface area contributed by atoms with Gasteiger partial charge in [-0.2, -0.15) is 0 Å². The summed E-state index contributed by atoms with van der Waals surface area (Å²) in [6, 6.07) is 0. The molecule has 3 N–H and O–H groups in total. The summed E-state index contributed by atoms with van der Waals surface area (Å²) in [7, 11) is -9.92. The van der Waals surface area contributed by atoms with Crippen LogP contribution in [-0.2, 0) is 65.4 Å². The van der Waals surface area contributed by atoms with Crippen molar-refractivity contribution in [3.05, 3.63) is 24.3 Å². The fourth-order valence-corrected chi connectivity index (χ4v) is 12.5. The number of aliphatic hydroxyl groups is 1. The third kappa shape index (κ3) is 65.5. The molecule has 0 bridgehead atoms. The number of phosphoric acid groups is 2. The molecular weight excluding hydrogens is 1230 g/mol. The summed E-state index contributed by atoms with van der Waals surface area (Å²) in [5, 5.41) is 10.6.